The average Bonchev–Trinajstić information content (AvgIpc) is 3.17. The number of fused-ring (bicyclic) bond motifs is 1. The number of aromatic nitrogens is 3. The van der Waals surface area contributed by atoms with E-state index in [9.17, 15) is 4.79 Å². The van der Waals surface area contributed by atoms with E-state index in [1.807, 2.05) is 48.7 Å². The fourth-order valence-corrected chi connectivity index (χ4v) is 3.16. The summed E-state index contributed by atoms with van der Waals surface area (Å²) in [6.45, 7) is 5.82. The number of hydrogen-bond donors (Lipinski definition) is 3. The number of carbonyl (C=O) groups is 1. The van der Waals surface area contributed by atoms with Crippen molar-refractivity contribution in [3.05, 3.63) is 77.9 Å². The zero-order chi connectivity index (χ0) is 22.0. The first kappa shape index (κ1) is 20.6. The van der Waals surface area contributed by atoms with Crippen LogP contribution in [0.2, 0.25) is 0 Å². The summed E-state index contributed by atoms with van der Waals surface area (Å²) < 4.78 is 1.82. The highest BCUT2D eigenvalue weighted by atomic mass is 16.1. The van der Waals surface area contributed by atoms with Gasteiger partial charge in [-0.25, -0.2) is 4.52 Å². The first-order chi connectivity index (χ1) is 14.9. The van der Waals surface area contributed by atoms with Crippen LogP contribution in [0.5, 0.6) is 0 Å². The van der Waals surface area contributed by atoms with Gasteiger partial charge in [0.2, 0.25) is 5.95 Å². The Balaban J connectivity index is 1.53. The van der Waals surface area contributed by atoms with Gasteiger partial charge in [0.05, 0.1) is 5.69 Å². The Morgan fingerprint density at radius 3 is 2.39 bits per heavy atom. The molecule has 0 bridgehead atoms. The Hall–Kier alpha value is -3.71. The second-order valence-electron chi connectivity index (χ2n) is 7.81. The second-order valence-corrected chi connectivity index (χ2v) is 7.81. The van der Waals surface area contributed by atoms with Crippen LogP contribution in [-0.4, -0.2) is 32.6 Å². The fourth-order valence-electron chi connectivity index (χ4n) is 3.16. The number of carbonyl (C=O) groups excluding carboxylic acids is 1. The predicted octanol–water partition coefficient (Wildman–Crippen LogP) is 3.91. The minimum Gasteiger partial charge on any atom is -0.348 e. The van der Waals surface area contributed by atoms with Gasteiger partial charge in [0.25, 0.3) is 5.91 Å². The van der Waals surface area contributed by atoms with Crippen molar-refractivity contribution >= 4 is 23.2 Å². The molecule has 7 nitrogen and oxygen atoms in total. The van der Waals surface area contributed by atoms with Gasteiger partial charge in [-0.2, -0.15) is 4.98 Å². The maximum Gasteiger partial charge on any atom is 0.251 e. The van der Waals surface area contributed by atoms with Crippen molar-refractivity contribution in [3.8, 4) is 11.3 Å². The lowest BCUT2D eigenvalue weighted by molar-refractivity contribution is 0.0936. The van der Waals surface area contributed by atoms with E-state index in [1.165, 1.54) is 5.56 Å². The molecule has 0 fully saturated rings. The van der Waals surface area contributed by atoms with E-state index in [1.54, 1.807) is 12.1 Å². The molecule has 0 aliphatic heterocycles. The van der Waals surface area contributed by atoms with Crippen molar-refractivity contribution in [2.24, 2.45) is 5.73 Å². The summed E-state index contributed by atoms with van der Waals surface area (Å²) in [6.07, 6.45) is 0. The third-order valence-corrected chi connectivity index (χ3v) is 5.26. The number of nitrogens with one attached hydrogen (secondary N) is 2. The standard InChI is InChI=1S/C24H26N6O/c1-15-7-9-18(10-8-15)21-5-4-6-22-28-24(29-30(21)22)27-20-13-11-19(12-14-20)23(31)26-17(3)16(2)25/h4-14,16-17H,25H2,1-3H3,(H,26,31)(H,27,29). The molecule has 1 amide bonds. The van der Waals surface area contributed by atoms with E-state index in [0.29, 0.717) is 11.5 Å². The average molecular weight is 415 g/mol. The smallest absolute Gasteiger partial charge is 0.251 e. The number of rotatable bonds is 6. The van der Waals surface area contributed by atoms with Gasteiger partial charge in [0.1, 0.15) is 0 Å². The number of benzene rings is 2. The van der Waals surface area contributed by atoms with Gasteiger partial charge in [-0.15, -0.1) is 5.10 Å². The molecular formula is C24H26N6O. The summed E-state index contributed by atoms with van der Waals surface area (Å²) in [7, 11) is 0. The molecule has 2 unspecified atom stereocenters. The zero-order valence-electron chi connectivity index (χ0n) is 17.8. The lowest BCUT2D eigenvalue weighted by atomic mass is 10.1. The summed E-state index contributed by atoms with van der Waals surface area (Å²) in [5.41, 5.74) is 11.2. The lowest BCUT2D eigenvalue weighted by Crippen LogP contribution is -2.43. The number of anilines is 2. The van der Waals surface area contributed by atoms with E-state index in [2.05, 4.69) is 51.9 Å². The van der Waals surface area contributed by atoms with Gasteiger partial charge in [0, 0.05) is 28.9 Å². The first-order valence-corrected chi connectivity index (χ1v) is 10.3. The molecule has 4 rings (SSSR count). The number of amides is 1. The highest BCUT2D eigenvalue weighted by Gasteiger charge is 2.13. The van der Waals surface area contributed by atoms with E-state index < -0.39 is 0 Å². The number of aryl methyl sites for hydroxylation is 1. The summed E-state index contributed by atoms with van der Waals surface area (Å²) in [5.74, 6) is 0.340. The molecule has 0 aliphatic rings. The van der Waals surface area contributed by atoms with Crippen LogP contribution in [0, 0.1) is 6.92 Å². The van der Waals surface area contributed by atoms with Crippen LogP contribution in [0.15, 0.2) is 66.7 Å². The molecule has 2 aromatic heterocycles. The molecular weight excluding hydrogens is 388 g/mol. The molecule has 4 N–H and O–H groups in total. The van der Waals surface area contributed by atoms with E-state index >= 15 is 0 Å². The Labute approximate surface area is 181 Å². The highest BCUT2D eigenvalue weighted by molar-refractivity contribution is 5.94. The molecule has 158 valence electrons. The Bertz CT molecular complexity index is 1200. The fraction of sp³-hybridized carbons (Fsp3) is 0.208. The van der Waals surface area contributed by atoms with Crippen molar-refractivity contribution in [2.75, 3.05) is 5.32 Å². The van der Waals surface area contributed by atoms with Crippen molar-refractivity contribution in [1.82, 2.24) is 19.9 Å². The molecule has 2 atom stereocenters. The topological polar surface area (TPSA) is 97.3 Å². The van der Waals surface area contributed by atoms with Crippen molar-refractivity contribution in [3.63, 3.8) is 0 Å². The van der Waals surface area contributed by atoms with Crippen molar-refractivity contribution < 1.29 is 4.79 Å². The Morgan fingerprint density at radius 2 is 1.71 bits per heavy atom. The molecule has 2 aromatic carbocycles. The van der Waals surface area contributed by atoms with Crippen LogP contribution in [0.3, 0.4) is 0 Å². The number of nitrogens with two attached hydrogens (primary N) is 1. The predicted molar refractivity (Wildman–Crippen MR) is 123 cm³/mol. The van der Waals surface area contributed by atoms with Gasteiger partial charge in [-0.3, -0.25) is 4.79 Å². The Kier molecular flexibility index (Phi) is 5.68. The first-order valence-electron chi connectivity index (χ1n) is 10.3. The molecule has 7 heteroatoms. The van der Waals surface area contributed by atoms with Gasteiger partial charge in [-0.05, 0) is 57.2 Å². The molecule has 0 radical (unpaired) electrons. The number of nitrogens with zero attached hydrogens (tertiary/aromatic N) is 3. The SMILES string of the molecule is Cc1ccc(-c2cccc3nc(Nc4ccc(C(=O)NC(C)C(C)N)cc4)nn23)cc1. The molecule has 31 heavy (non-hydrogen) atoms. The monoisotopic (exact) mass is 414 g/mol. The van der Waals surface area contributed by atoms with Gasteiger partial charge in [-0.1, -0.05) is 35.9 Å². The summed E-state index contributed by atoms with van der Waals surface area (Å²) in [6, 6.07) is 21.2. The molecule has 0 aliphatic carbocycles. The van der Waals surface area contributed by atoms with Gasteiger partial charge >= 0.3 is 0 Å². The second kappa shape index (κ2) is 8.57. The maximum atomic E-state index is 12.3. The molecule has 0 spiro atoms. The number of pyridine rings is 1. The largest absolute Gasteiger partial charge is 0.348 e. The third-order valence-electron chi connectivity index (χ3n) is 5.26. The van der Waals surface area contributed by atoms with Crippen molar-refractivity contribution in [2.45, 2.75) is 32.9 Å². The van der Waals surface area contributed by atoms with Gasteiger partial charge < -0.3 is 16.4 Å². The quantitative estimate of drug-likeness (QED) is 0.444. The van der Waals surface area contributed by atoms with Crippen LogP contribution in [0.4, 0.5) is 11.6 Å². The van der Waals surface area contributed by atoms with Crippen LogP contribution in [-0.2, 0) is 0 Å². The van der Waals surface area contributed by atoms with Crippen LogP contribution in [0.25, 0.3) is 16.9 Å². The highest BCUT2D eigenvalue weighted by Crippen LogP contribution is 2.22. The maximum absolute atomic E-state index is 12.3. The van der Waals surface area contributed by atoms with Crippen LogP contribution < -0.4 is 16.4 Å². The zero-order valence-corrected chi connectivity index (χ0v) is 17.8. The third kappa shape index (κ3) is 4.57. The van der Waals surface area contributed by atoms with E-state index in [4.69, 9.17) is 5.73 Å². The normalized spacial score (nSPS) is 13.0. The van der Waals surface area contributed by atoms with Crippen LogP contribution >= 0.6 is 0 Å². The minimum absolute atomic E-state index is 0.102. The summed E-state index contributed by atoms with van der Waals surface area (Å²) in [4.78, 5) is 16.9. The molecule has 0 saturated carbocycles. The minimum atomic E-state index is -0.148. The number of hydrogen-bond acceptors (Lipinski definition) is 5. The van der Waals surface area contributed by atoms with E-state index in [-0.39, 0.29) is 18.0 Å². The van der Waals surface area contributed by atoms with E-state index in [0.717, 1.165) is 22.6 Å². The summed E-state index contributed by atoms with van der Waals surface area (Å²) in [5, 5.41) is 10.7. The summed E-state index contributed by atoms with van der Waals surface area (Å²) >= 11 is 0. The lowest BCUT2D eigenvalue weighted by Gasteiger charge is -2.17. The molecule has 4 aromatic rings. The van der Waals surface area contributed by atoms with Crippen molar-refractivity contribution in [1.29, 1.82) is 0 Å². The van der Waals surface area contributed by atoms with Crippen LogP contribution in [0.1, 0.15) is 29.8 Å². The molecule has 2 heterocycles. The van der Waals surface area contributed by atoms with Gasteiger partial charge in [0.15, 0.2) is 5.65 Å². The Morgan fingerprint density at radius 1 is 1.00 bits per heavy atom. The molecule has 0 saturated heterocycles.